The maximum Gasteiger partial charge on any atom is 0.246 e. The molecule has 0 aliphatic carbocycles. The van der Waals surface area contributed by atoms with E-state index in [4.69, 9.17) is 11.6 Å². The van der Waals surface area contributed by atoms with Crippen LogP contribution in [0.4, 0.5) is 14.6 Å². The van der Waals surface area contributed by atoms with Crippen LogP contribution in [0.3, 0.4) is 0 Å². The van der Waals surface area contributed by atoms with Gasteiger partial charge < -0.3 is 9.80 Å². The molecule has 9 heteroatoms. The zero-order valence-electron chi connectivity index (χ0n) is 16.9. The summed E-state index contributed by atoms with van der Waals surface area (Å²) in [5.74, 6) is -1.00. The van der Waals surface area contributed by atoms with E-state index in [-0.39, 0.29) is 29.0 Å². The number of hydrogen-bond donors (Lipinski definition) is 0. The second-order valence-corrected chi connectivity index (χ2v) is 7.78. The van der Waals surface area contributed by atoms with E-state index in [1.165, 1.54) is 24.5 Å². The Morgan fingerprint density at radius 3 is 2.78 bits per heavy atom. The number of fused-ring (bicyclic) bond motifs is 1. The molecule has 1 aliphatic rings. The van der Waals surface area contributed by atoms with Gasteiger partial charge in [0.05, 0.1) is 24.0 Å². The molecule has 1 saturated heterocycles. The monoisotopic (exact) mass is 453 g/mol. The van der Waals surface area contributed by atoms with Crippen molar-refractivity contribution in [1.82, 2.24) is 14.9 Å². The maximum atomic E-state index is 14.3. The minimum absolute atomic E-state index is 0.170. The lowest BCUT2D eigenvalue weighted by Crippen LogP contribution is -2.55. The van der Waals surface area contributed by atoms with E-state index in [1.54, 1.807) is 17.0 Å². The summed E-state index contributed by atoms with van der Waals surface area (Å²) in [5, 5.41) is 10.1. The molecule has 1 unspecified atom stereocenters. The predicted octanol–water partition coefficient (Wildman–Crippen LogP) is 4.35. The molecule has 2 aromatic carbocycles. The summed E-state index contributed by atoms with van der Waals surface area (Å²) in [5.41, 5.74) is 1.11. The van der Waals surface area contributed by atoms with Crippen LogP contribution in [-0.4, -0.2) is 46.5 Å². The van der Waals surface area contributed by atoms with E-state index in [0.717, 1.165) is 6.07 Å². The van der Waals surface area contributed by atoms with E-state index in [1.807, 2.05) is 4.90 Å². The van der Waals surface area contributed by atoms with Gasteiger partial charge in [0, 0.05) is 47.2 Å². The molecule has 6 nitrogen and oxygen atoms in total. The van der Waals surface area contributed by atoms with Crippen molar-refractivity contribution in [2.75, 3.05) is 24.5 Å². The third kappa shape index (κ3) is 3.99. The predicted molar refractivity (Wildman–Crippen MR) is 118 cm³/mol. The molecule has 4 rings (SSSR count). The van der Waals surface area contributed by atoms with Crippen LogP contribution in [-0.2, 0) is 4.79 Å². The van der Waals surface area contributed by atoms with Crippen LogP contribution >= 0.6 is 11.6 Å². The van der Waals surface area contributed by atoms with Gasteiger partial charge in [-0.1, -0.05) is 18.2 Å². The van der Waals surface area contributed by atoms with Gasteiger partial charge >= 0.3 is 0 Å². The summed E-state index contributed by atoms with van der Waals surface area (Å²) >= 11 is 6.48. The summed E-state index contributed by atoms with van der Waals surface area (Å²) < 4.78 is 27.6. The Morgan fingerprint density at radius 2 is 2.06 bits per heavy atom. The number of amides is 1. The quantitative estimate of drug-likeness (QED) is 0.549. The fourth-order valence-electron chi connectivity index (χ4n) is 3.96. The molecular formula is C23H18ClF2N5O. The van der Waals surface area contributed by atoms with Crippen LogP contribution < -0.4 is 4.90 Å². The second-order valence-electron chi connectivity index (χ2n) is 7.37. The molecule has 1 atom stereocenters. The molecule has 32 heavy (non-hydrogen) atoms. The molecule has 0 radical (unpaired) electrons. The number of carbonyl (C=O) groups excluding carboxylic acids is 1. The van der Waals surface area contributed by atoms with Crippen LogP contribution in [0.25, 0.3) is 22.0 Å². The van der Waals surface area contributed by atoms with Gasteiger partial charge in [-0.3, -0.25) is 4.79 Å². The summed E-state index contributed by atoms with van der Waals surface area (Å²) in [6, 6.07) is 8.43. The van der Waals surface area contributed by atoms with Crippen LogP contribution in [0.2, 0.25) is 5.02 Å². The largest absolute Gasteiger partial charge is 0.352 e. The van der Waals surface area contributed by atoms with E-state index < -0.39 is 11.6 Å². The molecule has 0 bridgehead atoms. The number of aromatic nitrogens is 2. The molecule has 0 spiro atoms. The lowest BCUT2D eigenvalue weighted by molar-refractivity contribution is -0.128. The highest BCUT2D eigenvalue weighted by Gasteiger charge is 2.30. The van der Waals surface area contributed by atoms with E-state index in [9.17, 15) is 18.8 Å². The van der Waals surface area contributed by atoms with E-state index in [2.05, 4.69) is 22.6 Å². The van der Waals surface area contributed by atoms with Crippen molar-refractivity contribution < 1.29 is 13.6 Å². The number of nitrogens with zero attached hydrogens (tertiary/aromatic N) is 5. The Bertz CT molecular complexity index is 1260. The highest BCUT2D eigenvalue weighted by Crippen LogP contribution is 2.36. The van der Waals surface area contributed by atoms with Gasteiger partial charge in [0.25, 0.3) is 0 Å². The van der Waals surface area contributed by atoms with Crippen molar-refractivity contribution in [3.63, 3.8) is 0 Å². The smallest absolute Gasteiger partial charge is 0.246 e. The number of hydrogen-bond acceptors (Lipinski definition) is 5. The molecule has 3 aromatic rings. The van der Waals surface area contributed by atoms with Crippen LogP contribution in [0.1, 0.15) is 6.42 Å². The van der Waals surface area contributed by atoms with Crippen LogP contribution in [0.15, 0.2) is 49.3 Å². The standard InChI is InChI=1S/C23H18ClF2N5O/c1-2-22(32)31-8-7-30(12-15(31)5-6-27)23-18-10-19(24)17(11-21(18)28-13-29-23)16-4-3-14(25)9-20(16)26/h2-4,9-11,13,15H,1,5,7-8,12H2. The Kier molecular flexibility index (Phi) is 6.01. The summed E-state index contributed by atoms with van der Waals surface area (Å²) in [7, 11) is 0. The van der Waals surface area contributed by atoms with E-state index in [0.29, 0.717) is 41.9 Å². The molecule has 0 N–H and O–H groups in total. The van der Waals surface area contributed by atoms with Crippen molar-refractivity contribution in [2.24, 2.45) is 0 Å². The topological polar surface area (TPSA) is 73.1 Å². The normalized spacial score (nSPS) is 16.1. The highest BCUT2D eigenvalue weighted by molar-refractivity contribution is 6.34. The zero-order chi connectivity index (χ0) is 22.8. The average molecular weight is 454 g/mol. The Hall–Kier alpha value is -3.57. The molecule has 1 aromatic heterocycles. The van der Waals surface area contributed by atoms with Crippen molar-refractivity contribution in [3.8, 4) is 17.2 Å². The highest BCUT2D eigenvalue weighted by atomic mass is 35.5. The maximum absolute atomic E-state index is 14.3. The zero-order valence-corrected chi connectivity index (χ0v) is 17.7. The first kappa shape index (κ1) is 21.7. The number of benzene rings is 2. The van der Waals surface area contributed by atoms with Gasteiger partial charge in [0.1, 0.15) is 23.8 Å². The first-order valence-corrected chi connectivity index (χ1v) is 10.3. The number of rotatable bonds is 4. The third-order valence-electron chi connectivity index (χ3n) is 5.49. The lowest BCUT2D eigenvalue weighted by Gasteiger charge is -2.41. The van der Waals surface area contributed by atoms with Gasteiger partial charge in [-0.25, -0.2) is 18.7 Å². The summed E-state index contributed by atoms with van der Waals surface area (Å²) in [6.45, 7) is 4.85. The molecular weight excluding hydrogens is 436 g/mol. The Morgan fingerprint density at radius 1 is 1.25 bits per heavy atom. The molecule has 0 saturated carbocycles. The molecule has 1 aliphatic heterocycles. The van der Waals surface area contributed by atoms with Gasteiger partial charge in [-0.15, -0.1) is 0 Å². The van der Waals surface area contributed by atoms with Crippen molar-refractivity contribution in [3.05, 3.63) is 66.0 Å². The van der Waals surface area contributed by atoms with Gasteiger partial charge in [-0.05, 0) is 30.3 Å². The number of halogens is 3. The van der Waals surface area contributed by atoms with Crippen LogP contribution in [0.5, 0.6) is 0 Å². The minimum atomic E-state index is -0.720. The number of piperazine rings is 1. The fourth-order valence-corrected chi connectivity index (χ4v) is 4.23. The molecule has 162 valence electrons. The number of anilines is 1. The van der Waals surface area contributed by atoms with Crippen molar-refractivity contribution in [1.29, 1.82) is 5.26 Å². The van der Waals surface area contributed by atoms with Gasteiger partial charge in [0.2, 0.25) is 5.91 Å². The third-order valence-corrected chi connectivity index (χ3v) is 5.80. The van der Waals surface area contributed by atoms with Gasteiger partial charge in [0.15, 0.2) is 0 Å². The molecule has 1 amide bonds. The summed E-state index contributed by atoms with van der Waals surface area (Å²) in [6.07, 6.45) is 2.82. The Balaban J connectivity index is 1.73. The van der Waals surface area contributed by atoms with Gasteiger partial charge in [-0.2, -0.15) is 5.26 Å². The fraction of sp³-hybridized carbons (Fsp3) is 0.217. The molecule has 2 heterocycles. The first-order chi connectivity index (χ1) is 15.4. The molecule has 1 fully saturated rings. The first-order valence-electron chi connectivity index (χ1n) is 9.87. The van der Waals surface area contributed by atoms with Crippen molar-refractivity contribution in [2.45, 2.75) is 12.5 Å². The van der Waals surface area contributed by atoms with E-state index >= 15 is 0 Å². The number of nitriles is 1. The number of carbonyl (C=O) groups is 1. The van der Waals surface area contributed by atoms with Crippen LogP contribution in [0, 0.1) is 23.0 Å². The average Bonchev–Trinajstić information content (AvgIpc) is 2.78. The Labute approximate surface area is 188 Å². The SMILES string of the molecule is C=CC(=O)N1CCN(c2ncnc3cc(-c4ccc(F)cc4F)c(Cl)cc23)CC1CC#N. The minimum Gasteiger partial charge on any atom is -0.352 e. The van der Waals surface area contributed by atoms with Crippen molar-refractivity contribution >= 4 is 34.2 Å². The lowest BCUT2D eigenvalue weighted by atomic mass is 10.0. The summed E-state index contributed by atoms with van der Waals surface area (Å²) in [4.78, 5) is 24.5. The second kappa shape index (κ2) is 8.89.